The highest BCUT2D eigenvalue weighted by molar-refractivity contribution is 7.99. The lowest BCUT2D eigenvalue weighted by atomic mass is 9.97. The number of carbonyl (C=O) groups excluding carboxylic acids is 2. The first-order chi connectivity index (χ1) is 12.7. The number of esters is 1. The number of amides is 1. The summed E-state index contributed by atoms with van der Waals surface area (Å²) in [6, 6.07) is 4.07. The minimum atomic E-state index is -0.145. The molecule has 3 heterocycles. The van der Waals surface area contributed by atoms with Crippen molar-refractivity contribution >= 4 is 35.0 Å². The van der Waals surface area contributed by atoms with E-state index >= 15 is 0 Å². The van der Waals surface area contributed by atoms with Gasteiger partial charge in [0.15, 0.2) is 0 Å². The third-order valence-corrected chi connectivity index (χ3v) is 5.93. The van der Waals surface area contributed by atoms with Crippen molar-refractivity contribution < 1.29 is 14.3 Å². The molecule has 0 atom stereocenters. The standard InChI is InChI=1S/C17H22N4O3S2/c1-2-24-16(23)12-5-7-21(8-6-12)15(22)11-26-17-18-14(19-20-17)10-13-4-3-9-25-13/h3-4,9,12H,2,5-8,10-11H2,1H3,(H,18,19,20). The van der Waals surface area contributed by atoms with Crippen LogP contribution < -0.4 is 0 Å². The van der Waals surface area contributed by atoms with E-state index in [4.69, 9.17) is 4.74 Å². The molecule has 9 heteroatoms. The lowest BCUT2D eigenvalue weighted by Gasteiger charge is -2.30. The van der Waals surface area contributed by atoms with Gasteiger partial charge in [0.25, 0.3) is 0 Å². The summed E-state index contributed by atoms with van der Waals surface area (Å²) in [6.07, 6.45) is 2.06. The van der Waals surface area contributed by atoms with Gasteiger partial charge in [-0.05, 0) is 31.2 Å². The minimum absolute atomic E-state index is 0.0573. The third-order valence-electron chi connectivity index (χ3n) is 4.23. The quantitative estimate of drug-likeness (QED) is 0.573. The first-order valence-electron chi connectivity index (χ1n) is 8.66. The van der Waals surface area contributed by atoms with Crippen molar-refractivity contribution in [1.82, 2.24) is 20.1 Å². The van der Waals surface area contributed by atoms with E-state index in [1.54, 1.807) is 11.3 Å². The van der Waals surface area contributed by atoms with E-state index < -0.39 is 0 Å². The highest BCUT2D eigenvalue weighted by atomic mass is 32.2. The smallest absolute Gasteiger partial charge is 0.309 e. The van der Waals surface area contributed by atoms with Gasteiger partial charge in [0.05, 0.1) is 18.3 Å². The van der Waals surface area contributed by atoms with Gasteiger partial charge in [-0.3, -0.25) is 14.7 Å². The van der Waals surface area contributed by atoms with Crippen LogP contribution in [0.4, 0.5) is 0 Å². The Morgan fingerprint density at radius 1 is 1.42 bits per heavy atom. The first-order valence-corrected chi connectivity index (χ1v) is 10.5. The maximum absolute atomic E-state index is 12.4. The van der Waals surface area contributed by atoms with Crippen LogP contribution in [-0.4, -0.2) is 57.4 Å². The topological polar surface area (TPSA) is 88.2 Å². The molecule has 3 rings (SSSR count). The summed E-state index contributed by atoms with van der Waals surface area (Å²) in [7, 11) is 0. The fourth-order valence-corrected chi connectivity index (χ4v) is 4.27. The molecule has 1 N–H and O–H groups in total. The maximum atomic E-state index is 12.4. The highest BCUT2D eigenvalue weighted by Crippen LogP contribution is 2.21. The molecule has 0 aromatic carbocycles. The van der Waals surface area contributed by atoms with Crippen LogP contribution in [-0.2, 0) is 20.7 Å². The number of ether oxygens (including phenoxy) is 1. The number of thioether (sulfide) groups is 1. The molecule has 26 heavy (non-hydrogen) atoms. The van der Waals surface area contributed by atoms with Crippen molar-refractivity contribution in [2.45, 2.75) is 31.3 Å². The molecule has 0 spiro atoms. The van der Waals surface area contributed by atoms with Gasteiger partial charge < -0.3 is 9.64 Å². The van der Waals surface area contributed by atoms with Crippen LogP contribution >= 0.6 is 23.1 Å². The van der Waals surface area contributed by atoms with Crippen molar-refractivity contribution in [1.29, 1.82) is 0 Å². The van der Waals surface area contributed by atoms with Crippen molar-refractivity contribution in [3.05, 3.63) is 28.2 Å². The van der Waals surface area contributed by atoms with E-state index in [1.165, 1.54) is 16.6 Å². The number of likely N-dealkylation sites (tertiary alicyclic amines) is 1. The maximum Gasteiger partial charge on any atom is 0.309 e. The average Bonchev–Trinajstić information content (AvgIpc) is 3.32. The van der Waals surface area contributed by atoms with Crippen LogP contribution in [0.15, 0.2) is 22.7 Å². The Morgan fingerprint density at radius 3 is 2.92 bits per heavy atom. The Kier molecular flexibility index (Phi) is 6.67. The number of thiophene rings is 1. The zero-order chi connectivity index (χ0) is 18.4. The molecule has 2 aromatic rings. The molecular weight excluding hydrogens is 372 g/mol. The first kappa shape index (κ1) is 18.9. The van der Waals surface area contributed by atoms with Crippen LogP contribution in [0, 0.1) is 5.92 Å². The molecule has 7 nitrogen and oxygen atoms in total. The Hall–Kier alpha value is -1.87. The highest BCUT2D eigenvalue weighted by Gasteiger charge is 2.28. The second-order valence-corrected chi connectivity index (χ2v) is 7.99. The SMILES string of the molecule is CCOC(=O)C1CCN(C(=O)CSc2n[nH]c(Cc3cccs3)n2)CC1. The van der Waals surface area contributed by atoms with Crippen molar-refractivity contribution in [2.75, 3.05) is 25.4 Å². The molecular formula is C17H22N4O3S2. The van der Waals surface area contributed by atoms with E-state index in [9.17, 15) is 9.59 Å². The Balaban J connectivity index is 1.42. The number of rotatable bonds is 7. The summed E-state index contributed by atoms with van der Waals surface area (Å²) in [5.74, 6) is 0.937. The Labute approximate surface area is 160 Å². The zero-order valence-corrected chi connectivity index (χ0v) is 16.3. The summed E-state index contributed by atoms with van der Waals surface area (Å²) in [5, 5.41) is 9.72. The van der Waals surface area contributed by atoms with E-state index in [1.807, 2.05) is 23.3 Å². The molecule has 1 aliphatic heterocycles. The van der Waals surface area contributed by atoms with Gasteiger partial charge in [0.1, 0.15) is 5.82 Å². The largest absolute Gasteiger partial charge is 0.466 e. The van der Waals surface area contributed by atoms with E-state index in [0.29, 0.717) is 43.4 Å². The van der Waals surface area contributed by atoms with E-state index in [-0.39, 0.29) is 17.8 Å². The third kappa shape index (κ3) is 5.07. The molecule has 0 radical (unpaired) electrons. The lowest BCUT2D eigenvalue weighted by molar-refractivity contribution is -0.151. The number of hydrogen-bond donors (Lipinski definition) is 1. The van der Waals surface area contributed by atoms with Crippen LogP contribution in [0.3, 0.4) is 0 Å². The fourth-order valence-electron chi connectivity index (χ4n) is 2.84. The lowest BCUT2D eigenvalue weighted by Crippen LogP contribution is -2.41. The van der Waals surface area contributed by atoms with Crippen LogP contribution in [0.1, 0.15) is 30.5 Å². The van der Waals surface area contributed by atoms with Gasteiger partial charge >= 0.3 is 5.97 Å². The Bertz CT molecular complexity index is 724. The molecule has 1 aliphatic rings. The molecule has 0 bridgehead atoms. The van der Waals surface area contributed by atoms with Crippen LogP contribution in [0.25, 0.3) is 0 Å². The fraction of sp³-hybridized carbons (Fsp3) is 0.529. The molecule has 2 aromatic heterocycles. The van der Waals surface area contributed by atoms with Gasteiger partial charge in [-0.1, -0.05) is 17.8 Å². The summed E-state index contributed by atoms with van der Waals surface area (Å²) in [5.41, 5.74) is 0. The number of hydrogen-bond acceptors (Lipinski definition) is 7. The number of aromatic amines is 1. The van der Waals surface area contributed by atoms with Gasteiger partial charge in [-0.15, -0.1) is 16.4 Å². The predicted octanol–water partition coefficient (Wildman–Crippen LogP) is 2.35. The van der Waals surface area contributed by atoms with Gasteiger partial charge in [0, 0.05) is 24.4 Å². The van der Waals surface area contributed by atoms with Crippen LogP contribution in [0.2, 0.25) is 0 Å². The number of piperidine rings is 1. The normalized spacial score (nSPS) is 15.2. The van der Waals surface area contributed by atoms with Crippen molar-refractivity contribution in [3.63, 3.8) is 0 Å². The number of carbonyl (C=O) groups is 2. The van der Waals surface area contributed by atoms with Crippen molar-refractivity contribution in [2.24, 2.45) is 5.92 Å². The summed E-state index contributed by atoms with van der Waals surface area (Å²) < 4.78 is 5.06. The molecule has 0 aliphatic carbocycles. The summed E-state index contributed by atoms with van der Waals surface area (Å²) in [4.78, 5) is 31.6. The van der Waals surface area contributed by atoms with E-state index in [2.05, 4.69) is 21.2 Å². The van der Waals surface area contributed by atoms with Gasteiger partial charge in [-0.25, -0.2) is 4.98 Å². The predicted molar refractivity (Wildman–Crippen MR) is 100 cm³/mol. The van der Waals surface area contributed by atoms with Crippen LogP contribution in [0.5, 0.6) is 0 Å². The summed E-state index contributed by atoms with van der Waals surface area (Å²) in [6.45, 7) is 3.41. The second-order valence-electron chi connectivity index (χ2n) is 6.02. The van der Waals surface area contributed by atoms with Crippen molar-refractivity contribution in [3.8, 4) is 0 Å². The number of nitrogens with one attached hydrogen (secondary N) is 1. The molecule has 1 fully saturated rings. The number of aromatic nitrogens is 3. The molecule has 1 amide bonds. The average molecular weight is 395 g/mol. The minimum Gasteiger partial charge on any atom is -0.466 e. The Morgan fingerprint density at radius 2 is 2.23 bits per heavy atom. The molecule has 0 saturated carbocycles. The summed E-state index contributed by atoms with van der Waals surface area (Å²) >= 11 is 3.02. The molecule has 0 unspecified atom stereocenters. The molecule has 140 valence electrons. The number of H-pyrrole nitrogens is 1. The zero-order valence-electron chi connectivity index (χ0n) is 14.6. The molecule has 1 saturated heterocycles. The number of nitrogens with zero attached hydrogens (tertiary/aromatic N) is 3. The van der Waals surface area contributed by atoms with Gasteiger partial charge in [0.2, 0.25) is 11.1 Å². The monoisotopic (exact) mass is 394 g/mol. The second kappa shape index (κ2) is 9.18. The van der Waals surface area contributed by atoms with Gasteiger partial charge in [-0.2, -0.15) is 0 Å². The van der Waals surface area contributed by atoms with E-state index in [0.717, 1.165) is 12.2 Å².